The summed E-state index contributed by atoms with van der Waals surface area (Å²) in [5.41, 5.74) is 2.08. The zero-order chi connectivity index (χ0) is 17.2. The molecule has 0 spiro atoms. The molecule has 2 N–H and O–H groups in total. The molecular weight excluding hydrogens is 336 g/mol. The fourth-order valence-corrected chi connectivity index (χ4v) is 4.02. The first-order valence-corrected chi connectivity index (χ1v) is 8.89. The number of aromatic nitrogens is 2. The van der Waals surface area contributed by atoms with Gasteiger partial charge < -0.3 is 15.0 Å². The number of hydrogen-bond acceptors (Lipinski definition) is 4. The third-order valence-corrected chi connectivity index (χ3v) is 5.20. The molecule has 0 radical (unpaired) electrons. The normalized spacial score (nSPS) is 19.0. The molecule has 3 heterocycles. The Morgan fingerprint density at radius 1 is 1.32 bits per heavy atom. The van der Waals surface area contributed by atoms with Crippen molar-refractivity contribution in [1.82, 2.24) is 9.97 Å². The van der Waals surface area contributed by atoms with Gasteiger partial charge in [-0.2, -0.15) is 4.99 Å². The molecule has 4 rings (SSSR count). The number of anilines is 1. The van der Waals surface area contributed by atoms with Gasteiger partial charge in [-0.3, -0.25) is 4.79 Å². The molecule has 1 aliphatic rings. The van der Waals surface area contributed by atoms with Gasteiger partial charge in [0.05, 0.1) is 18.2 Å². The van der Waals surface area contributed by atoms with E-state index in [1.54, 1.807) is 18.5 Å². The van der Waals surface area contributed by atoms with Crippen LogP contribution in [-0.4, -0.2) is 44.6 Å². The van der Waals surface area contributed by atoms with Crippen molar-refractivity contribution in [2.45, 2.75) is 6.04 Å². The van der Waals surface area contributed by atoms with Crippen molar-refractivity contribution in [3.8, 4) is 0 Å². The Bertz CT molecular complexity index is 938. The molecule has 0 saturated carbocycles. The van der Waals surface area contributed by atoms with E-state index in [0.717, 1.165) is 11.1 Å². The van der Waals surface area contributed by atoms with Gasteiger partial charge in [-0.1, -0.05) is 30.0 Å². The predicted molar refractivity (Wildman–Crippen MR) is 100 cm³/mol. The molecule has 6 nitrogen and oxygen atoms in total. The molecule has 3 aromatic rings. The van der Waals surface area contributed by atoms with Crippen molar-refractivity contribution in [3.63, 3.8) is 0 Å². The van der Waals surface area contributed by atoms with Crippen LogP contribution in [0.4, 0.5) is 5.69 Å². The topological polar surface area (TPSA) is 81.6 Å². The molecule has 1 fully saturated rings. The number of aliphatic imine (C=N–C) groups is 1. The molecule has 25 heavy (non-hydrogen) atoms. The number of fused-ring (bicyclic) bond motifs is 1. The second-order valence-electron chi connectivity index (χ2n) is 5.65. The quantitative estimate of drug-likeness (QED) is 0.757. The Labute approximate surface area is 148 Å². The van der Waals surface area contributed by atoms with Crippen molar-refractivity contribution in [2.75, 3.05) is 17.3 Å². The number of amidine groups is 1. The van der Waals surface area contributed by atoms with Crippen LogP contribution in [0.5, 0.6) is 0 Å². The highest BCUT2D eigenvalue weighted by Crippen LogP contribution is 2.30. The summed E-state index contributed by atoms with van der Waals surface area (Å²) in [5, 5.41) is 11.0. The molecule has 1 amide bonds. The van der Waals surface area contributed by atoms with Gasteiger partial charge in [0.1, 0.15) is 5.65 Å². The lowest BCUT2D eigenvalue weighted by Gasteiger charge is -2.24. The maximum absolute atomic E-state index is 12.7. The van der Waals surface area contributed by atoms with Gasteiger partial charge in [-0.25, -0.2) is 4.98 Å². The maximum atomic E-state index is 12.7. The minimum absolute atomic E-state index is 0.00606. The number of benzene rings is 1. The van der Waals surface area contributed by atoms with E-state index in [9.17, 15) is 9.90 Å². The molecule has 0 bridgehead atoms. The van der Waals surface area contributed by atoms with E-state index in [0.29, 0.717) is 22.1 Å². The summed E-state index contributed by atoms with van der Waals surface area (Å²) < 4.78 is 0. The van der Waals surface area contributed by atoms with Crippen LogP contribution in [0, 0.1) is 0 Å². The highest BCUT2D eigenvalue weighted by molar-refractivity contribution is 8.14. The van der Waals surface area contributed by atoms with Crippen LogP contribution in [0.1, 0.15) is 10.4 Å². The number of carbonyl (C=O) groups is 1. The highest BCUT2D eigenvalue weighted by atomic mass is 32.2. The van der Waals surface area contributed by atoms with Crippen LogP contribution in [0.15, 0.2) is 59.9 Å². The number of aliphatic hydroxyl groups is 1. The maximum Gasteiger partial charge on any atom is 0.281 e. The SMILES string of the molecule is O=C(N=C1SCC(CO)N1c1ccccc1)c1c[nH]c2ncccc12. The van der Waals surface area contributed by atoms with Crippen LogP contribution in [-0.2, 0) is 0 Å². The smallest absolute Gasteiger partial charge is 0.281 e. The third kappa shape index (κ3) is 2.92. The van der Waals surface area contributed by atoms with E-state index < -0.39 is 0 Å². The first-order valence-electron chi connectivity index (χ1n) is 7.91. The molecule has 1 aliphatic heterocycles. The zero-order valence-electron chi connectivity index (χ0n) is 13.3. The van der Waals surface area contributed by atoms with Crippen LogP contribution in [0.2, 0.25) is 0 Å². The summed E-state index contributed by atoms with van der Waals surface area (Å²) in [4.78, 5) is 26.2. The monoisotopic (exact) mass is 352 g/mol. The number of hydrogen-bond donors (Lipinski definition) is 2. The number of para-hydroxylation sites is 1. The van der Waals surface area contributed by atoms with Crippen molar-refractivity contribution >= 4 is 39.6 Å². The second-order valence-corrected chi connectivity index (χ2v) is 6.64. The summed E-state index contributed by atoms with van der Waals surface area (Å²) in [6.45, 7) is 0.00606. The molecule has 7 heteroatoms. The first-order chi connectivity index (χ1) is 12.3. The van der Waals surface area contributed by atoms with Crippen molar-refractivity contribution < 1.29 is 9.90 Å². The van der Waals surface area contributed by atoms with Crippen LogP contribution in [0.25, 0.3) is 11.0 Å². The standard InChI is InChI=1S/C18H16N4O2S/c23-10-13-11-25-18(22(13)12-5-2-1-3-6-12)21-17(24)15-9-20-16-14(15)7-4-8-19-16/h1-9,13,23H,10-11H2,(H,19,20). The van der Waals surface area contributed by atoms with Gasteiger partial charge in [-0.05, 0) is 24.3 Å². The van der Waals surface area contributed by atoms with E-state index in [2.05, 4.69) is 15.0 Å². The first kappa shape index (κ1) is 15.9. The third-order valence-electron chi connectivity index (χ3n) is 4.10. The van der Waals surface area contributed by atoms with E-state index in [4.69, 9.17) is 0 Å². The summed E-state index contributed by atoms with van der Waals surface area (Å²) in [6, 6.07) is 13.2. The molecular formula is C18H16N4O2S. The Balaban J connectivity index is 1.70. The Hall–Kier alpha value is -2.64. The fraction of sp³-hybridized carbons (Fsp3) is 0.167. The number of H-pyrrole nitrogens is 1. The van der Waals surface area contributed by atoms with Gasteiger partial charge in [0.2, 0.25) is 0 Å². The van der Waals surface area contributed by atoms with Gasteiger partial charge in [0, 0.05) is 29.2 Å². The summed E-state index contributed by atoms with van der Waals surface area (Å²) in [5.74, 6) is 0.369. The van der Waals surface area contributed by atoms with E-state index in [1.165, 1.54) is 11.8 Å². The van der Waals surface area contributed by atoms with Crippen LogP contribution >= 0.6 is 11.8 Å². The van der Waals surface area contributed by atoms with E-state index in [-0.39, 0.29) is 18.6 Å². The Kier molecular flexibility index (Phi) is 4.25. The molecule has 2 aromatic heterocycles. The summed E-state index contributed by atoms with van der Waals surface area (Å²) >= 11 is 1.48. The number of thioether (sulfide) groups is 1. The average molecular weight is 352 g/mol. The highest BCUT2D eigenvalue weighted by Gasteiger charge is 2.31. The van der Waals surface area contributed by atoms with Crippen LogP contribution < -0.4 is 4.90 Å². The largest absolute Gasteiger partial charge is 0.394 e. The number of carbonyl (C=O) groups excluding carboxylic acids is 1. The van der Waals surface area contributed by atoms with Gasteiger partial charge in [-0.15, -0.1) is 0 Å². The minimum atomic E-state index is -0.318. The second kappa shape index (κ2) is 6.70. The lowest BCUT2D eigenvalue weighted by molar-refractivity contribution is 0.100. The Morgan fingerprint density at radius 2 is 2.16 bits per heavy atom. The van der Waals surface area contributed by atoms with Crippen molar-refractivity contribution in [2.24, 2.45) is 4.99 Å². The molecule has 1 atom stereocenters. The number of pyridine rings is 1. The van der Waals surface area contributed by atoms with Gasteiger partial charge >= 0.3 is 0 Å². The van der Waals surface area contributed by atoms with E-state index >= 15 is 0 Å². The summed E-state index contributed by atoms with van der Waals surface area (Å²) in [6.07, 6.45) is 3.31. The summed E-state index contributed by atoms with van der Waals surface area (Å²) in [7, 11) is 0. The van der Waals surface area contributed by atoms with Gasteiger partial charge in [0.15, 0.2) is 5.17 Å². The fourth-order valence-electron chi connectivity index (χ4n) is 2.88. The minimum Gasteiger partial charge on any atom is -0.394 e. The lowest BCUT2D eigenvalue weighted by atomic mass is 10.2. The Morgan fingerprint density at radius 3 is 2.96 bits per heavy atom. The zero-order valence-corrected chi connectivity index (χ0v) is 14.1. The molecule has 1 unspecified atom stereocenters. The number of rotatable bonds is 3. The van der Waals surface area contributed by atoms with Gasteiger partial charge in [0.25, 0.3) is 5.91 Å². The van der Waals surface area contributed by atoms with Crippen LogP contribution in [0.3, 0.4) is 0 Å². The van der Waals surface area contributed by atoms with Crippen molar-refractivity contribution in [1.29, 1.82) is 0 Å². The number of aromatic amines is 1. The number of nitrogens with zero attached hydrogens (tertiary/aromatic N) is 3. The van der Waals surface area contributed by atoms with E-state index in [1.807, 2.05) is 41.3 Å². The molecule has 1 aromatic carbocycles. The predicted octanol–water partition coefficient (Wildman–Crippen LogP) is 2.67. The lowest BCUT2D eigenvalue weighted by Crippen LogP contribution is -2.36. The number of nitrogens with one attached hydrogen (secondary N) is 1. The van der Waals surface area contributed by atoms with Crippen molar-refractivity contribution in [3.05, 3.63) is 60.4 Å². The average Bonchev–Trinajstić information content (AvgIpc) is 3.26. The number of amides is 1. The molecule has 126 valence electrons. The molecule has 0 aliphatic carbocycles. The molecule has 1 saturated heterocycles. The number of aliphatic hydroxyl groups excluding tert-OH is 1.